The summed E-state index contributed by atoms with van der Waals surface area (Å²) in [5.41, 5.74) is -0.747. The van der Waals surface area contributed by atoms with Crippen molar-refractivity contribution in [3.8, 4) is 5.75 Å². The van der Waals surface area contributed by atoms with Gasteiger partial charge in [0.1, 0.15) is 22.3 Å². The first kappa shape index (κ1) is 22.2. The summed E-state index contributed by atoms with van der Waals surface area (Å²) in [6.45, 7) is 2.88. The standard InChI is InChI=1S/C22H26N4O5/c1-12-20(29)14(11-27)17-19(21(12)30)25-16-13(7-8-15(28)18(16)24-17)22(31)23-9-5-4-6-10-26(2)3/h7-8,11,25,27,29H,4-6,9-10H2,1-3H3,(H,23,31). The molecule has 0 bridgehead atoms. The van der Waals surface area contributed by atoms with E-state index < -0.39 is 16.6 Å². The van der Waals surface area contributed by atoms with Gasteiger partial charge in [-0.1, -0.05) is 6.42 Å². The summed E-state index contributed by atoms with van der Waals surface area (Å²) >= 11 is 0. The van der Waals surface area contributed by atoms with Gasteiger partial charge in [-0.15, -0.1) is 0 Å². The van der Waals surface area contributed by atoms with Crippen LogP contribution in [0.3, 0.4) is 0 Å². The molecule has 9 heteroatoms. The molecular formula is C22H26N4O5. The molecule has 3 aromatic rings. The second-order valence-corrected chi connectivity index (χ2v) is 7.76. The minimum absolute atomic E-state index is 0.00793. The van der Waals surface area contributed by atoms with E-state index in [4.69, 9.17) is 0 Å². The van der Waals surface area contributed by atoms with Crippen molar-refractivity contribution >= 4 is 34.2 Å². The van der Waals surface area contributed by atoms with E-state index in [0.717, 1.165) is 25.8 Å². The van der Waals surface area contributed by atoms with Gasteiger partial charge in [0.2, 0.25) is 10.9 Å². The second-order valence-electron chi connectivity index (χ2n) is 7.76. The van der Waals surface area contributed by atoms with Gasteiger partial charge < -0.3 is 25.4 Å². The van der Waals surface area contributed by atoms with Gasteiger partial charge in [0.25, 0.3) is 5.91 Å². The minimum Gasteiger partial charge on any atom is -0.515 e. The number of phenolic OH excluding ortho intramolecular Hbond substituents is 1. The molecule has 3 rings (SSSR count). The molecule has 0 atom stereocenters. The Morgan fingerprint density at radius 3 is 2.58 bits per heavy atom. The predicted octanol–water partition coefficient (Wildman–Crippen LogP) is 0.927. The van der Waals surface area contributed by atoms with E-state index in [2.05, 4.69) is 20.2 Å². The quantitative estimate of drug-likeness (QED) is 0.326. The van der Waals surface area contributed by atoms with Crippen molar-refractivity contribution in [2.45, 2.75) is 26.2 Å². The van der Waals surface area contributed by atoms with Gasteiger partial charge in [-0.25, -0.2) is 4.98 Å². The third kappa shape index (κ3) is 4.36. The van der Waals surface area contributed by atoms with Crippen molar-refractivity contribution in [1.82, 2.24) is 20.2 Å². The summed E-state index contributed by atoms with van der Waals surface area (Å²) in [5.74, 6) is -0.789. The van der Waals surface area contributed by atoms with E-state index in [0.29, 0.717) is 12.8 Å². The zero-order chi connectivity index (χ0) is 22.7. The van der Waals surface area contributed by atoms with Crippen LogP contribution in [0.4, 0.5) is 0 Å². The second kappa shape index (κ2) is 9.13. The zero-order valence-electron chi connectivity index (χ0n) is 17.8. The number of H-pyrrole nitrogens is 1. The normalized spacial score (nSPS) is 12.2. The molecule has 4 N–H and O–H groups in total. The van der Waals surface area contributed by atoms with E-state index >= 15 is 0 Å². The molecule has 0 unspecified atom stereocenters. The molecule has 0 radical (unpaired) electrons. The first-order valence-electron chi connectivity index (χ1n) is 10.1. The maximum Gasteiger partial charge on any atom is 0.253 e. The monoisotopic (exact) mass is 426 g/mol. The molecule has 164 valence electrons. The van der Waals surface area contributed by atoms with Crippen molar-refractivity contribution in [2.75, 3.05) is 27.2 Å². The fraction of sp³-hybridized carbons (Fsp3) is 0.364. The Labute approximate surface area is 178 Å². The maximum absolute atomic E-state index is 12.7. The fourth-order valence-corrected chi connectivity index (χ4v) is 3.47. The van der Waals surface area contributed by atoms with E-state index in [9.17, 15) is 24.6 Å². The van der Waals surface area contributed by atoms with Crippen LogP contribution in [-0.2, 0) is 0 Å². The van der Waals surface area contributed by atoms with E-state index in [-0.39, 0.29) is 44.3 Å². The molecule has 0 aliphatic rings. The van der Waals surface area contributed by atoms with Crippen molar-refractivity contribution in [1.29, 1.82) is 0 Å². The lowest BCUT2D eigenvalue weighted by Gasteiger charge is -2.11. The predicted molar refractivity (Wildman–Crippen MR) is 120 cm³/mol. The SMILES string of the molecule is Cc1c(O)c(=CO)c2nc3c(=O)ccc(C(=O)NCCCCCN(C)C)c3[nH]c2c1=O. The lowest BCUT2D eigenvalue weighted by molar-refractivity contribution is 0.0954. The van der Waals surface area contributed by atoms with Crippen LogP contribution in [0.1, 0.15) is 35.2 Å². The third-order valence-corrected chi connectivity index (χ3v) is 5.23. The number of phenols is 1. The minimum atomic E-state index is -0.531. The molecule has 0 fully saturated rings. The van der Waals surface area contributed by atoms with E-state index in [1.165, 1.54) is 19.1 Å². The Balaban J connectivity index is 2.01. The zero-order valence-corrected chi connectivity index (χ0v) is 17.8. The van der Waals surface area contributed by atoms with Gasteiger partial charge in [-0.3, -0.25) is 14.4 Å². The number of carbonyl (C=O) groups excluding carboxylic acids is 1. The average molecular weight is 426 g/mol. The fourth-order valence-electron chi connectivity index (χ4n) is 3.47. The first-order chi connectivity index (χ1) is 14.8. The van der Waals surface area contributed by atoms with Gasteiger partial charge in [0.05, 0.1) is 22.6 Å². The molecule has 0 aliphatic carbocycles. The smallest absolute Gasteiger partial charge is 0.253 e. The highest BCUT2D eigenvalue weighted by atomic mass is 16.3. The molecular weight excluding hydrogens is 400 g/mol. The Morgan fingerprint density at radius 2 is 1.90 bits per heavy atom. The van der Waals surface area contributed by atoms with Crippen molar-refractivity contribution < 1.29 is 15.0 Å². The number of aliphatic hydroxyl groups is 1. The summed E-state index contributed by atoms with van der Waals surface area (Å²) in [4.78, 5) is 46.9. The maximum atomic E-state index is 12.7. The molecule has 9 nitrogen and oxygen atoms in total. The molecule has 2 aromatic carbocycles. The molecule has 1 heterocycles. The Hall–Kier alpha value is -3.46. The van der Waals surface area contributed by atoms with Crippen LogP contribution in [0.5, 0.6) is 5.75 Å². The highest BCUT2D eigenvalue weighted by molar-refractivity contribution is 6.06. The number of hydrogen-bond acceptors (Lipinski definition) is 7. The highest BCUT2D eigenvalue weighted by Crippen LogP contribution is 2.17. The Kier molecular flexibility index (Phi) is 6.55. The summed E-state index contributed by atoms with van der Waals surface area (Å²) < 4.78 is 0. The van der Waals surface area contributed by atoms with Crippen molar-refractivity contribution in [3.05, 3.63) is 48.9 Å². The number of aliphatic hydroxyl groups excluding tert-OH is 1. The number of hydrogen-bond donors (Lipinski definition) is 4. The molecule has 1 amide bonds. The Bertz CT molecular complexity index is 1310. The van der Waals surface area contributed by atoms with Crippen LogP contribution >= 0.6 is 0 Å². The lowest BCUT2D eigenvalue weighted by Crippen LogP contribution is -2.26. The summed E-state index contributed by atoms with van der Waals surface area (Å²) in [6, 6.07) is 2.63. The summed E-state index contributed by atoms with van der Waals surface area (Å²) in [6.07, 6.45) is 3.46. The Morgan fingerprint density at radius 1 is 1.16 bits per heavy atom. The number of aromatic nitrogens is 2. The number of nitrogens with zero attached hydrogens (tertiary/aromatic N) is 2. The number of fused-ring (bicyclic) bond motifs is 2. The topological polar surface area (TPSA) is 136 Å². The van der Waals surface area contributed by atoms with Crippen LogP contribution < -0.4 is 21.4 Å². The number of benzene rings is 2. The summed E-state index contributed by atoms with van der Waals surface area (Å²) in [7, 11) is 4.02. The number of amides is 1. The number of aromatic amines is 1. The van der Waals surface area contributed by atoms with Gasteiger partial charge in [0.15, 0.2) is 0 Å². The number of nitrogens with one attached hydrogen (secondary N) is 2. The molecule has 0 saturated heterocycles. The van der Waals surface area contributed by atoms with Crippen molar-refractivity contribution in [3.63, 3.8) is 0 Å². The number of aromatic hydroxyl groups is 1. The molecule has 31 heavy (non-hydrogen) atoms. The van der Waals surface area contributed by atoms with Gasteiger partial charge >= 0.3 is 0 Å². The first-order valence-corrected chi connectivity index (χ1v) is 10.1. The third-order valence-electron chi connectivity index (χ3n) is 5.23. The number of unbranched alkanes of at least 4 members (excludes halogenated alkanes) is 2. The van der Waals surface area contributed by atoms with Gasteiger partial charge in [-0.05, 0) is 52.5 Å². The molecule has 0 spiro atoms. The number of carbonyl (C=O) groups is 1. The number of rotatable bonds is 7. The van der Waals surface area contributed by atoms with Gasteiger partial charge in [-0.2, -0.15) is 0 Å². The van der Waals surface area contributed by atoms with Crippen LogP contribution in [0.25, 0.3) is 28.3 Å². The molecule has 0 saturated carbocycles. The van der Waals surface area contributed by atoms with Crippen molar-refractivity contribution in [2.24, 2.45) is 0 Å². The van der Waals surface area contributed by atoms with Gasteiger partial charge in [0, 0.05) is 12.1 Å². The molecule has 1 aromatic heterocycles. The highest BCUT2D eigenvalue weighted by Gasteiger charge is 2.18. The van der Waals surface area contributed by atoms with Crippen LogP contribution in [0.2, 0.25) is 0 Å². The van der Waals surface area contributed by atoms with Crippen LogP contribution in [0, 0.1) is 6.92 Å². The van der Waals surface area contributed by atoms with E-state index in [1.54, 1.807) is 0 Å². The lowest BCUT2D eigenvalue weighted by atomic mass is 10.1. The average Bonchev–Trinajstić information content (AvgIpc) is 2.74. The molecule has 0 aliphatic heterocycles. The van der Waals surface area contributed by atoms with E-state index in [1.807, 2.05) is 14.1 Å². The van der Waals surface area contributed by atoms with Crippen LogP contribution in [0.15, 0.2) is 21.7 Å². The van der Waals surface area contributed by atoms with Crippen LogP contribution in [-0.4, -0.2) is 58.2 Å². The largest absolute Gasteiger partial charge is 0.515 e. The summed E-state index contributed by atoms with van der Waals surface area (Å²) in [5, 5.41) is 22.4.